The van der Waals surface area contributed by atoms with Crippen molar-refractivity contribution in [2.75, 3.05) is 12.3 Å². The van der Waals surface area contributed by atoms with E-state index in [4.69, 9.17) is 27.9 Å². The van der Waals surface area contributed by atoms with E-state index in [1.807, 2.05) is 54.6 Å². The third-order valence-electron chi connectivity index (χ3n) is 3.78. The molecule has 0 aromatic heterocycles. The number of rotatable bonds is 5. The predicted octanol–water partition coefficient (Wildman–Crippen LogP) is 4.64. The van der Waals surface area contributed by atoms with E-state index in [1.165, 1.54) is 0 Å². The summed E-state index contributed by atoms with van der Waals surface area (Å²) < 4.78 is 6.01. The van der Waals surface area contributed by atoms with E-state index in [-0.39, 0.29) is 11.3 Å². The number of hydrogen-bond donors (Lipinski definition) is 0. The molecule has 0 spiro atoms. The molecule has 0 bridgehead atoms. The number of hydrogen-bond acceptors (Lipinski definition) is 3. The highest BCUT2D eigenvalue weighted by atomic mass is 35.5. The van der Waals surface area contributed by atoms with Crippen LogP contribution in [0.1, 0.15) is 16.5 Å². The topological polar surface area (TPSA) is 29.5 Å². The van der Waals surface area contributed by atoms with Crippen LogP contribution in [0.25, 0.3) is 0 Å². The van der Waals surface area contributed by atoms with E-state index < -0.39 is 4.84 Å². The molecule has 2 aromatic carbocycles. The van der Waals surface area contributed by atoms with Gasteiger partial charge >= 0.3 is 0 Å². The van der Waals surface area contributed by atoms with Gasteiger partial charge in [-0.2, -0.15) is 0 Å². The Morgan fingerprint density at radius 2 is 1.88 bits per heavy atom. The number of carbonyl (C=O) groups is 1. The van der Waals surface area contributed by atoms with E-state index in [2.05, 4.69) is 0 Å². The molecule has 2 aromatic rings. The highest BCUT2D eigenvalue weighted by molar-refractivity contribution is 7.99. The molecule has 6 heteroatoms. The van der Waals surface area contributed by atoms with Crippen LogP contribution in [0.2, 0.25) is 0 Å². The molecule has 0 aliphatic carbocycles. The summed E-state index contributed by atoms with van der Waals surface area (Å²) in [5.41, 5.74) is 2.07. The molecule has 1 fully saturated rings. The number of halogens is 2. The standard InChI is InChI=1S/C18H17Cl2NO2S/c19-16(20)17(22)21-10-11-24-18(21)14-8-4-5-9-15(14)23-12-13-6-2-1-3-7-13/h1-9,16,18H,10-12H2/t18-/m0/s1. The Kier molecular flexibility index (Phi) is 5.93. The molecule has 0 unspecified atom stereocenters. The molecule has 3 rings (SSSR count). The smallest absolute Gasteiger partial charge is 0.257 e. The molecule has 0 radical (unpaired) electrons. The summed E-state index contributed by atoms with van der Waals surface area (Å²) in [7, 11) is 0. The molecule has 3 nitrogen and oxygen atoms in total. The van der Waals surface area contributed by atoms with E-state index in [0.29, 0.717) is 13.2 Å². The van der Waals surface area contributed by atoms with Crippen LogP contribution in [0.5, 0.6) is 5.75 Å². The summed E-state index contributed by atoms with van der Waals surface area (Å²) in [5.74, 6) is 1.37. The minimum Gasteiger partial charge on any atom is -0.489 e. The number of amides is 1. The normalized spacial score (nSPS) is 17.3. The maximum Gasteiger partial charge on any atom is 0.257 e. The number of para-hydroxylation sites is 1. The molecule has 126 valence electrons. The van der Waals surface area contributed by atoms with E-state index in [0.717, 1.165) is 22.6 Å². The highest BCUT2D eigenvalue weighted by Gasteiger charge is 2.34. The molecule has 0 saturated carbocycles. The zero-order valence-electron chi connectivity index (χ0n) is 12.9. The second kappa shape index (κ2) is 8.15. The minimum atomic E-state index is -1.04. The van der Waals surface area contributed by atoms with E-state index in [1.54, 1.807) is 16.7 Å². The Morgan fingerprint density at radius 1 is 1.17 bits per heavy atom. The Hall–Kier alpha value is -1.36. The maximum atomic E-state index is 12.2. The second-order valence-corrected chi connectivity index (χ2v) is 7.65. The number of nitrogens with zero attached hydrogens (tertiary/aromatic N) is 1. The van der Waals surface area contributed by atoms with Crippen LogP contribution in [0.4, 0.5) is 0 Å². The lowest BCUT2D eigenvalue weighted by Crippen LogP contribution is -2.34. The Balaban J connectivity index is 1.79. The summed E-state index contributed by atoms with van der Waals surface area (Å²) in [6.07, 6.45) is 0. The lowest BCUT2D eigenvalue weighted by Gasteiger charge is -2.26. The predicted molar refractivity (Wildman–Crippen MR) is 99.6 cm³/mol. The van der Waals surface area contributed by atoms with Gasteiger partial charge in [0, 0.05) is 17.9 Å². The lowest BCUT2D eigenvalue weighted by atomic mass is 10.1. The molecule has 1 aliphatic rings. The van der Waals surface area contributed by atoms with Gasteiger partial charge < -0.3 is 9.64 Å². The van der Waals surface area contributed by atoms with Crippen LogP contribution in [-0.2, 0) is 11.4 Å². The molecule has 24 heavy (non-hydrogen) atoms. The van der Waals surface area contributed by atoms with Crippen LogP contribution < -0.4 is 4.74 Å². The average molecular weight is 382 g/mol. The first kappa shape index (κ1) is 17.5. The van der Waals surface area contributed by atoms with Crippen molar-refractivity contribution < 1.29 is 9.53 Å². The van der Waals surface area contributed by atoms with Crippen LogP contribution in [0.3, 0.4) is 0 Å². The maximum absolute atomic E-state index is 12.2. The van der Waals surface area contributed by atoms with E-state index in [9.17, 15) is 4.79 Å². The quantitative estimate of drug-likeness (QED) is 0.706. The summed E-state index contributed by atoms with van der Waals surface area (Å²) in [5, 5.41) is -0.121. The lowest BCUT2D eigenvalue weighted by molar-refractivity contribution is -0.129. The first-order valence-corrected chi connectivity index (χ1v) is 9.55. The highest BCUT2D eigenvalue weighted by Crippen LogP contribution is 2.42. The number of alkyl halides is 2. The minimum absolute atomic E-state index is 0.121. The molecule has 1 atom stereocenters. The molecule has 0 N–H and O–H groups in total. The van der Waals surface area contributed by atoms with Crippen molar-refractivity contribution in [1.82, 2.24) is 4.90 Å². The van der Waals surface area contributed by atoms with Gasteiger partial charge in [0.05, 0.1) is 0 Å². The van der Waals surface area contributed by atoms with Crippen molar-refractivity contribution in [3.05, 3.63) is 65.7 Å². The molecular formula is C18H17Cl2NO2S. The van der Waals surface area contributed by atoms with Gasteiger partial charge in [-0.15, -0.1) is 11.8 Å². The van der Waals surface area contributed by atoms with Gasteiger partial charge in [-0.05, 0) is 11.6 Å². The van der Waals surface area contributed by atoms with Gasteiger partial charge in [-0.1, -0.05) is 71.7 Å². The molecule has 1 saturated heterocycles. The summed E-state index contributed by atoms with van der Waals surface area (Å²) >= 11 is 13.2. The second-order valence-electron chi connectivity index (χ2n) is 5.37. The zero-order chi connectivity index (χ0) is 16.9. The largest absolute Gasteiger partial charge is 0.489 e. The van der Waals surface area contributed by atoms with Crippen LogP contribution in [-0.4, -0.2) is 27.9 Å². The third-order valence-corrected chi connectivity index (χ3v) is 5.40. The summed E-state index contributed by atoms with van der Waals surface area (Å²) in [6, 6.07) is 17.8. The Morgan fingerprint density at radius 3 is 2.62 bits per heavy atom. The first-order chi connectivity index (χ1) is 11.7. The van der Waals surface area contributed by atoms with E-state index >= 15 is 0 Å². The molecular weight excluding hydrogens is 365 g/mol. The fourth-order valence-corrected chi connectivity index (χ4v) is 4.17. The number of ether oxygens (including phenoxy) is 1. The molecule has 1 amide bonds. The van der Waals surface area contributed by atoms with Crippen LogP contribution in [0, 0.1) is 0 Å². The van der Waals surface area contributed by atoms with Gasteiger partial charge in [0.25, 0.3) is 5.91 Å². The van der Waals surface area contributed by atoms with Crippen molar-refractivity contribution in [1.29, 1.82) is 0 Å². The molecule has 1 heterocycles. The number of benzene rings is 2. The van der Waals surface area contributed by atoms with Crippen molar-refractivity contribution in [2.24, 2.45) is 0 Å². The van der Waals surface area contributed by atoms with Crippen molar-refractivity contribution >= 4 is 40.9 Å². The Bertz CT molecular complexity index is 696. The van der Waals surface area contributed by atoms with Gasteiger partial charge in [0.2, 0.25) is 0 Å². The fourth-order valence-electron chi connectivity index (χ4n) is 2.63. The number of carbonyl (C=O) groups excluding carboxylic acids is 1. The van der Waals surface area contributed by atoms with Crippen LogP contribution in [0.15, 0.2) is 54.6 Å². The van der Waals surface area contributed by atoms with Crippen molar-refractivity contribution in [2.45, 2.75) is 16.8 Å². The van der Waals surface area contributed by atoms with Gasteiger partial charge in [0.15, 0.2) is 4.84 Å². The van der Waals surface area contributed by atoms with Gasteiger partial charge in [0.1, 0.15) is 17.7 Å². The SMILES string of the molecule is O=C(C(Cl)Cl)N1CCS[C@H]1c1ccccc1OCc1ccccc1. The third kappa shape index (κ3) is 4.00. The van der Waals surface area contributed by atoms with Gasteiger partial charge in [-0.25, -0.2) is 0 Å². The average Bonchev–Trinajstić information content (AvgIpc) is 3.09. The zero-order valence-corrected chi connectivity index (χ0v) is 15.2. The molecule has 1 aliphatic heterocycles. The Labute approximate surface area is 155 Å². The van der Waals surface area contributed by atoms with Crippen molar-refractivity contribution in [3.8, 4) is 5.75 Å². The summed E-state index contributed by atoms with van der Waals surface area (Å²) in [4.78, 5) is 12.9. The first-order valence-electron chi connectivity index (χ1n) is 7.62. The van der Waals surface area contributed by atoms with Gasteiger partial charge in [-0.3, -0.25) is 4.79 Å². The fraction of sp³-hybridized carbons (Fsp3) is 0.278. The monoisotopic (exact) mass is 381 g/mol. The number of thioether (sulfide) groups is 1. The van der Waals surface area contributed by atoms with Crippen LogP contribution >= 0.6 is 35.0 Å². The summed E-state index contributed by atoms with van der Waals surface area (Å²) in [6.45, 7) is 1.12. The van der Waals surface area contributed by atoms with Crippen molar-refractivity contribution in [3.63, 3.8) is 0 Å².